The molecule has 0 aliphatic heterocycles. The van der Waals surface area contributed by atoms with Gasteiger partial charge in [-0.1, -0.05) is 12.1 Å². The standard InChI is InChI=1S/C17H23N3O2S/c1-12(2)22-9-14-5-4-6-16(13(14)3)20-17(21)18-8-7-15-10-23-11-19-15/h4-6,10-12H,7-9H2,1-3H3,(H2,18,20,21). The van der Waals surface area contributed by atoms with Crippen LogP contribution in [-0.4, -0.2) is 23.7 Å². The molecule has 2 aromatic rings. The van der Waals surface area contributed by atoms with E-state index in [1.807, 2.05) is 44.4 Å². The Bertz CT molecular complexity index is 627. The van der Waals surface area contributed by atoms with Crippen LogP contribution in [0.4, 0.5) is 10.5 Å². The molecule has 2 N–H and O–H groups in total. The monoisotopic (exact) mass is 333 g/mol. The minimum Gasteiger partial charge on any atom is -0.374 e. The lowest BCUT2D eigenvalue weighted by atomic mass is 10.1. The molecule has 1 aromatic carbocycles. The quantitative estimate of drug-likeness (QED) is 0.811. The third-order valence-electron chi connectivity index (χ3n) is 3.42. The molecule has 0 spiro atoms. The molecule has 2 rings (SSSR count). The van der Waals surface area contributed by atoms with E-state index in [4.69, 9.17) is 4.74 Å². The molecule has 6 heteroatoms. The largest absolute Gasteiger partial charge is 0.374 e. The van der Waals surface area contributed by atoms with Crippen LogP contribution in [0.25, 0.3) is 0 Å². The highest BCUT2D eigenvalue weighted by atomic mass is 32.1. The van der Waals surface area contributed by atoms with Crippen molar-refractivity contribution >= 4 is 23.1 Å². The average Bonchev–Trinajstić information content (AvgIpc) is 3.01. The summed E-state index contributed by atoms with van der Waals surface area (Å²) in [7, 11) is 0. The van der Waals surface area contributed by atoms with Gasteiger partial charge in [0.15, 0.2) is 0 Å². The Balaban J connectivity index is 1.86. The third kappa shape index (κ3) is 5.65. The lowest BCUT2D eigenvalue weighted by Gasteiger charge is -2.14. The van der Waals surface area contributed by atoms with Crippen LogP contribution in [-0.2, 0) is 17.8 Å². The van der Waals surface area contributed by atoms with Crippen LogP contribution in [0.3, 0.4) is 0 Å². The van der Waals surface area contributed by atoms with Crippen LogP contribution in [0, 0.1) is 6.92 Å². The summed E-state index contributed by atoms with van der Waals surface area (Å²) < 4.78 is 5.64. The van der Waals surface area contributed by atoms with Crippen molar-refractivity contribution in [2.45, 2.75) is 39.9 Å². The minimum absolute atomic E-state index is 0.181. The number of ether oxygens (including phenoxy) is 1. The first-order valence-electron chi connectivity index (χ1n) is 7.68. The van der Waals surface area contributed by atoms with Gasteiger partial charge in [0.05, 0.1) is 23.9 Å². The number of benzene rings is 1. The Morgan fingerprint density at radius 1 is 1.39 bits per heavy atom. The normalized spacial score (nSPS) is 10.8. The van der Waals surface area contributed by atoms with Crippen molar-refractivity contribution in [3.8, 4) is 0 Å². The fraction of sp³-hybridized carbons (Fsp3) is 0.412. The summed E-state index contributed by atoms with van der Waals surface area (Å²) in [5.41, 5.74) is 5.71. The van der Waals surface area contributed by atoms with Crippen molar-refractivity contribution in [1.29, 1.82) is 0 Å². The number of thiazole rings is 1. The molecule has 0 unspecified atom stereocenters. The van der Waals surface area contributed by atoms with Gasteiger partial charge in [0.1, 0.15) is 0 Å². The van der Waals surface area contributed by atoms with E-state index < -0.39 is 0 Å². The number of hydrogen-bond acceptors (Lipinski definition) is 4. The number of amides is 2. The molecule has 23 heavy (non-hydrogen) atoms. The zero-order chi connectivity index (χ0) is 16.7. The van der Waals surface area contributed by atoms with Crippen LogP contribution in [0.1, 0.15) is 30.7 Å². The second-order valence-electron chi connectivity index (χ2n) is 5.56. The van der Waals surface area contributed by atoms with Gasteiger partial charge >= 0.3 is 6.03 Å². The average molecular weight is 333 g/mol. The highest BCUT2D eigenvalue weighted by Gasteiger charge is 2.08. The highest BCUT2D eigenvalue weighted by Crippen LogP contribution is 2.20. The molecule has 0 fully saturated rings. The van der Waals surface area contributed by atoms with E-state index in [1.54, 1.807) is 16.8 Å². The smallest absolute Gasteiger partial charge is 0.319 e. The molecule has 5 nitrogen and oxygen atoms in total. The minimum atomic E-state index is -0.203. The summed E-state index contributed by atoms with van der Waals surface area (Å²) >= 11 is 1.56. The lowest BCUT2D eigenvalue weighted by Crippen LogP contribution is -2.30. The molecular weight excluding hydrogens is 310 g/mol. The SMILES string of the molecule is Cc1c(COC(C)C)cccc1NC(=O)NCCc1cscn1. The summed E-state index contributed by atoms with van der Waals surface area (Å²) in [5, 5.41) is 7.73. The first kappa shape index (κ1) is 17.4. The molecule has 2 amide bonds. The van der Waals surface area contributed by atoms with Gasteiger partial charge < -0.3 is 15.4 Å². The number of carbonyl (C=O) groups excluding carboxylic acids is 1. The molecule has 0 atom stereocenters. The third-order valence-corrected chi connectivity index (χ3v) is 4.05. The Hall–Kier alpha value is -1.92. The number of rotatable bonds is 7. The molecular formula is C17H23N3O2S. The number of hydrogen-bond donors (Lipinski definition) is 2. The molecule has 0 saturated heterocycles. The second-order valence-corrected chi connectivity index (χ2v) is 6.28. The molecule has 0 radical (unpaired) electrons. The van der Waals surface area contributed by atoms with E-state index in [0.717, 1.165) is 28.9 Å². The van der Waals surface area contributed by atoms with E-state index in [1.165, 1.54) is 0 Å². The predicted molar refractivity (Wildman–Crippen MR) is 93.9 cm³/mol. The zero-order valence-electron chi connectivity index (χ0n) is 13.8. The van der Waals surface area contributed by atoms with Gasteiger partial charge in [-0.3, -0.25) is 0 Å². The van der Waals surface area contributed by atoms with Gasteiger partial charge in [0, 0.05) is 24.0 Å². The number of urea groups is 1. The molecule has 124 valence electrons. The van der Waals surface area contributed by atoms with E-state index in [9.17, 15) is 4.79 Å². The Kier molecular flexibility index (Phi) is 6.55. The fourth-order valence-corrected chi connectivity index (χ4v) is 2.66. The maximum atomic E-state index is 12.0. The Morgan fingerprint density at radius 2 is 2.22 bits per heavy atom. The first-order chi connectivity index (χ1) is 11.1. The second kappa shape index (κ2) is 8.64. The first-order valence-corrected chi connectivity index (χ1v) is 8.62. The summed E-state index contributed by atoms with van der Waals surface area (Å²) in [4.78, 5) is 16.2. The van der Waals surface area contributed by atoms with E-state index in [0.29, 0.717) is 13.2 Å². The summed E-state index contributed by atoms with van der Waals surface area (Å²) in [6.45, 7) is 7.11. The van der Waals surface area contributed by atoms with E-state index in [2.05, 4.69) is 15.6 Å². The van der Waals surface area contributed by atoms with Crippen molar-refractivity contribution in [3.63, 3.8) is 0 Å². The van der Waals surface area contributed by atoms with Crippen molar-refractivity contribution in [3.05, 3.63) is 45.9 Å². The van der Waals surface area contributed by atoms with Crippen LogP contribution >= 0.6 is 11.3 Å². The van der Waals surface area contributed by atoms with Gasteiger partial charge in [-0.25, -0.2) is 9.78 Å². The predicted octanol–water partition coefficient (Wildman–Crippen LogP) is 3.74. The lowest BCUT2D eigenvalue weighted by molar-refractivity contribution is 0.0654. The molecule has 0 bridgehead atoms. The number of anilines is 1. The molecule has 0 saturated carbocycles. The van der Waals surface area contributed by atoms with E-state index >= 15 is 0 Å². The van der Waals surface area contributed by atoms with Crippen LogP contribution in [0.15, 0.2) is 29.1 Å². The molecule has 1 heterocycles. The summed E-state index contributed by atoms with van der Waals surface area (Å²) in [6.07, 6.45) is 0.915. The number of nitrogens with one attached hydrogen (secondary N) is 2. The maximum absolute atomic E-state index is 12.0. The van der Waals surface area contributed by atoms with Crippen molar-refractivity contribution in [1.82, 2.24) is 10.3 Å². The maximum Gasteiger partial charge on any atom is 0.319 e. The van der Waals surface area contributed by atoms with Crippen molar-refractivity contribution < 1.29 is 9.53 Å². The topological polar surface area (TPSA) is 63.2 Å². The summed E-state index contributed by atoms with van der Waals surface area (Å²) in [5.74, 6) is 0. The van der Waals surface area contributed by atoms with E-state index in [-0.39, 0.29) is 12.1 Å². The van der Waals surface area contributed by atoms with Crippen molar-refractivity contribution in [2.75, 3.05) is 11.9 Å². The fourth-order valence-electron chi connectivity index (χ4n) is 2.06. The van der Waals surface area contributed by atoms with Crippen LogP contribution in [0.5, 0.6) is 0 Å². The number of aromatic nitrogens is 1. The number of carbonyl (C=O) groups is 1. The molecule has 0 aliphatic carbocycles. The van der Waals surface area contributed by atoms with Crippen LogP contribution in [0.2, 0.25) is 0 Å². The Labute approximate surface area is 141 Å². The van der Waals surface area contributed by atoms with Gasteiger partial charge in [-0.2, -0.15) is 0 Å². The molecule has 0 aliphatic rings. The Morgan fingerprint density at radius 3 is 2.91 bits per heavy atom. The van der Waals surface area contributed by atoms with Gasteiger partial charge in [-0.15, -0.1) is 11.3 Å². The van der Waals surface area contributed by atoms with Gasteiger partial charge in [0.2, 0.25) is 0 Å². The number of nitrogens with zero attached hydrogens (tertiary/aromatic N) is 1. The zero-order valence-corrected chi connectivity index (χ0v) is 14.6. The van der Waals surface area contributed by atoms with Gasteiger partial charge in [-0.05, 0) is 38.0 Å². The summed E-state index contributed by atoms with van der Waals surface area (Å²) in [6, 6.07) is 5.64. The molecule has 1 aromatic heterocycles. The van der Waals surface area contributed by atoms with Crippen molar-refractivity contribution in [2.24, 2.45) is 0 Å². The highest BCUT2D eigenvalue weighted by molar-refractivity contribution is 7.07. The van der Waals surface area contributed by atoms with Crippen LogP contribution < -0.4 is 10.6 Å². The van der Waals surface area contributed by atoms with Gasteiger partial charge in [0.25, 0.3) is 0 Å².